The maximum Gasteiger partial charge on any atom is 0.240 e. The van der Waals surface area contributed by atoms with Gasteiger partial charge in [-0.15, -0.1) is 0 Å². The van der Waals surface area contributed by atoms with Gasteiger partial charge >= 0.3 is 0 Å². The van der Waals surface area contributed by atoms with Crippen LogP contribution in [0.4, 0.5) is 5.69 Å². The standard InChI is InChI=1S/C15H23N3O3S/c1-3-11(2)18-22(20,21)14-6-4-5-13(9-14)17-15(19)12-7-8-16-10-12/h4-6,9,11-12,16,18H,3,7-8,10H2,1-2H3,(H,17,19). The molecule has 22 heavy (non-hydrogen) atoms. The van der Waals surface area contributed by atoms with E-state index in [0.29, 0.717) is 18.7 Å². The Morgan fingerprint density at radius 2 is 2.23 bits per heavy atom. The summed E-state index contributed by atoms with van der Waals surface area (Å²) in [4.78, 5) is 12.2. The third-order valence-corrected chi connectivity index (χ3v) is 5.40. The Balaban J connectivity index is 2.10. The molecule has 2 atom stereocenters. The number of hydrogen-bond donors (Lipinski definition) is 3. The Hall–Kier alpha value is -1.44. The quantitative estimate of drug-likeness (QED) is 0.736. The summed E-state index contributed by atoms with van der Waals surface area (Å²) in [6.45, 7) is 5.24. The van der Waals surface area contributed by atoms with Crippen LogP contribution in [0.3, 0.4) is 0 Å². The predicted octanol–water partition coefficient (Wildman–Crippen LogP) is 1.31. The molecule has 1 aromatic rings. The zero-order valence-corrected chi connectivity index (χ0v) is 13.7. The summed E-state index contributed by atoms with van der Waals surface area (Å²) in [6, 6.07) is 6.21. The van der Waals surface area contributed by atoms with Gasteiger partial charge in [-0.1, -0.05) is 13.0 Å². The molecular formula is C15H23N3O3S. The minimum absolute atomic E-state index is 0.0569. The van der Waals surface area contributed by atoms with E-state index in [1.807, 2.05) is 13.8 Å². The molecule has 1 heterocycles. The Morgan fingerprint density at radius 1 is 1.45 bits per heavy atom. The highest BCUT2D eigenvalue weighted by atomic mass is 32.2. The van der Waals surface area contributed by atoms with Crippen LogP contribution >= 0.6 is 0 Å². The van der Waals surface area contributed by atoms with Crippen molar-refractivity contribution in [2.75, 3.05) is 18.4 Å². The molecule has 0 aliphatic carbocycles. The maximum atomic E-state index is 12.3. The Labute approximate surface area is 131 Å². The van der Waals surface area contributed by atoms with E-state index in [1.165, 1.54) is 12.1 Å². The maximum absolute atomic E-state index is 12.3. The molecule has 2 unspecified atom stereocenters. The fraction of sp³-hybridized carbons (Fsp3) is 0.533. The van der Waals surface area contributed by atoms with E-state index in [2.05, 4.69) is 15.4 Å². The van der Waals surface area contributed by atoms with E-state index >= 15 is 0 Å². The van der Waals surface area contributed by atoms with Crippen molar-refractivity contribution >= 4 is 21.6 Å². The lowest BCUT2D eigenvalue weighted by atomic mass is 10.1. The van der Waals surface area contributed by atoms with Crippen LogP contribution in [-0.4, -0.2) is 33.5 Å². The van der Waals surface area contributed by atoms with Crippen LogP contribution in [0.2, 0.25) is 0 Å². The molecule has 0 spiro atoms. The molecule has 7 heteroatoms. The third kappa shape index (κ3) is 4.28. The lowest BCUT2D eigenvalue weighted by molar-refractivity contribution is -0.119. The Morgan fingerprint density at radius 3 is 2.86 bits per heavy atom. The normalized spacial score (nSPS) is 19.8. The van der Waals surface area contributed by atoms with Gasteiger partial charge in [0.1, 0.15) is 0 Å². The van der Waals surface area contributed by atoms with Gasteiger partial charge in [0.2, 0.25) is 15.9 Å². The molecule has 6 nitrogen and oxygen atoms in total. The van der Waals surface area contributed by atoms with Gasteiger partial charge in [-0.3, -0.25) is 4.79 Å². The predicted molar refractivity (Wildman–Crippen MR) is 86.1 cm³/mol. The number of amides is 1. The van der Waals surface area contributed by atoms with Crippen LogP contribution < -0.4 is 15.4 Å². The van der Waals surface area contributed by atoms with Crippen LogP contribution in [-0.2, 0) is 14.8 Å². The van der Waals surface area contributed by atoms with Crippen molar-refractivity contribution < 1.29 is 13.2 Å². The zero-order valence-electron chi connectivity index (χ0n) is 12.9. The first-order valence-electron chi connectivity index (χ1n) is 7.56. The number of carbonyl (C=O) groups is 1. The van der Waals surface area contributed by atoms with Gasteiger partial charge in [0, 0.05) is 18.3 Å². The van der Waals surface area contributed by atoms with E-state index in [9.17, 15) is 13.2 Å². The molecule has 3 N–H and O–H groups in total. The molecule has 0 radical (unpaired) electrons. The number of anilines is 1. The van der Waals surface area contributed by atoms with Gasteiger partial charge in [-0.2, -0.15) is 0 Å². The van der Waals surface area contributed by atoms with Crippen LogP contribution in [0.5, 0.6) is 0 Å². The summed E-state index contributed by atoms with van der Waals surface area (Å²) in [5.41, 5.74) is 0.504. The van der Waals surface area contributed by atoms with Gasteiger partial charge in [-0.25, -0.2) is 13.1 Å². The Kier molecular flexibility index (Phi) is 5.55. The van der Waals surface area contributed by atoms with Crippen molar-refractivity contribution in [3.63, 3.8) is 0 Å². The number of nitrogens with one attached hydrogen (secondary N) is 3. The summed E-state index contributed by atoms with van der Waals surface area (Å²) in [7, 11) is -3.56. The summed E-state index contributed by atoms with van der Waals surface area (Å²) in [5.74, 6) is -0.132. The average molecular weight is 325 g/mol. The second-order valence-electron chi connectivity index (χ2n) is 5.64. The summed E-state index contributed by atoms with van der Waals surface area (Å²) in [5, 5.41) is 5.93. The minimum Gasteiger partial charge on any atom is -0.326 e. The van der Waals surface area contributed by atoms with E-state index in [1.54, 1.807) is 12.1 Å². The van der Waals surface area contributed by atoms with Crippen molar-refractivity contribution in [1.82, 2.24) is 10.0 Å². The van der Waals surface area contributed by atoms with Gasteiger partial charge in [-0.05, 0) is 44.5 Å². The summed E-state index contributed by atoms with van der Waals surface area (Å²) in [6.07, 6.45) is 1.52. The molecule has 1 aliphatic rings. The molecule has 122 valence electrons. The first-order chi connectivity index (χ1) is 10.4. The topological polar surface area (TPSA) is 87.3 Å². The largest absolute Gasteiger partial charge is 0.326 e. The van der Waals surface area contributed by atoms with E-state index in [0.717, 1.165) is 13.0 Å². The van der Waals surface area contributed by atoms with Crippen LogP contribution in [0, 0.1) is 5.92 Å². The lowest BCUT2D eigenvalue weighted by Crippen LogP contribution is -2.32. The molecule has 1 saturated heterocycles. The molecule has 1 amide bonds. The molecule has 1 aromatic carbocycles. The second-order valence-corrected chi connectivity index (χ2v) is 7.35. The molecular weight excluding hydrogens is 302 g/mol. The van der Waals surface area contributed by atoms with Gasteiger partial charge in [0.05, 0.1) is 10.8 Å². The molecule has 0 saturated carbocycles. The number of benzene rings is 1. The van der Waals surface area contributed by atoms with E-state index < -0.39 is 10.0 Å². The first kappa shape index (κ1) is 16.9. The number of rotatable bonds is 6. The monoisotopic (exact) mass is 325 g/mol. The lowest BCUT2D eigenvalue weighted by Gasteiger charge is -2.14. The highest BCUT2D eigenvalue weighted by Crippen LogP contribution is 2.18. The van der Waals surface area contributed by atoms with Crippen molar-refractivity contribution in [2.45, 2.75) is 37.6 Å². The van der Waals surface area contributed by atoms with Crippen LogP contribution in [0.1, 0.15) is 26.7 Å². The number of carbonyl (C=O) groups excluding carboxylic acids is 1. The van der Waals surface area contributed by atoms with E-state index in [-0.39, 0.29) is 22.8 Å². The summed E-state index contributed by atoms with van der Waals surface area (Å²) >= 11 is 0. The highest BCUT2D eigenvalue weighted by Gasteiger charge is 2.23. The molecule has 0 bridgehead atoms. The molecule has 1 fully saturated rings. The van der Waals surface area contributed by atoms with Gasteiger partial charge in [0.15, 0.2) is 0 Å². The van der Waals surface area contributed by atoms with Gasteiger partial charge < -0.3 is 10.6 Å². The molecule has 0 aromatic heterocycles. The smallest absolute Gasteiger partial charge is 0.240 e. The SMILES string of the molecule is CCC(C)NS(=O)(=O)c1cccc(NC(=O)C2CCNC2)c1. The number of sulfonamides is 1. The van der Waals surface area contributed by atoms with Crippen molar-refractivity contribution in [1.29, 1.82) is 0 Å². The van der Waals surface area contributed by atoms with Crippen molar-refractivity contribution in [2.24, 2.45) is 5.92 Å². The summed E-state index contributed by atoms with van der Waals surface area (Å²) < 4.78 is 27.1. The fourth-order valence-electron chi connectivity index (χ4n) is 2.28. The van der Waals surface area contributed by atoms with Crippen molar-refractivity contribution in [3.8, 4) is 0 Å². The van der Waals surface area contributed by atoms with Crippen molar-refractivity contribution in [3.05, 3.63) is 24.3 Å². The highest BCUT2D eigenvalue weighted by molar-refractivity contribution is 7.89. The Bertz CT molecular complexity index is 625. The van der Waals surface area contributed by atoms with Crippen LogP contribution in [0.25, 0.3) is 0 Å². The molecule has 2 rings (SSSR count). The first-order valence-corrected chi connectivity index (χ1v) is 9.04. The van der Waals surface area contributed by atoms with Crippen LogP contribution in [0.15, 0.2) is 29.2 Å². The van der Waals surface area contributed by atoms with Gasteiger partial charge in [0.25, 0.3) is 0 Å². The third-order valence-electron chi connectivity index (χ3n) is 3.81. The zero-order chi connectivity index (χ0) is 16.2. The average Bonchev–Trinajstić information content (AvgIpc) is 3.01. The fourth-order valence-corrected chi connectivity index (χ4v) is 3.65. The molecule has 1 aliphatic heterocycles. The number of hydrogen-bond acceptors (Lipinski definition) is 4. The second kappa shape index (κ2) is 7.21. The minimum atomic E-state index is -3.56. The van der Waals surface area contributed by atoms with E-state index in [4.69, 9.17) is 0 Å².